The predicted molar refractivity (Wildman–Crippen MR) is 74.6 cm³/mol. The maximum absolute atomic E-state index is 11.3. The van der Waals surface area contributed by atoms with E-state index in [1.54, 1.807) is 6.20 Å². The zero-order valence-corrected chi connectivity index (χ0v) is 11.1. The molecule has 4 nitrogen and oxygen atoms in total. The van der Waals surface area contributed by atoms with E-state index in [1.807, 2.05) is 30.3 Å². The molecule has 1 aromatic carbocycles. The van der Waals surface area contributed by atoms with E-state index in [1.165, 1.54) is 0 Å². The van der Waals surface area contributed by atoms with Crippen LogP contribution in [-0.2, 0) is 17.6 Å². The van der Waals surface area contributed by atoms with Crippen LogP contribution in [0.25, 0.3) is 0 Å². The van der Waals surface area contributed by atoms with Crippen LogP contribution in [0, 0.1) is 0 Å². The predicted octanol–water partition coefficient (Wildman–Crippen LogP) is 2.57. The lowest BCUT2D eigenvalue weighted by Crippen LogP contribution is -2.21. The minimum Gasteiger partial charge on any atom is -0.481 e. The average molecular weight is 268 g/mol. The molecule has 0 bridgehead atoms. The van der Waals surface area contributed by atoms with Gasteiger partial charge in [0.05, 0.1) is 11.6 Å². The van der Waals surface area contributed by atoms with Gasteiger partial charge in [0.15, 0.2) is 0 Å². The van der Waals surface area contributed by atoms with Gasteiger partial charge in [-0.05, 0) is 30.4 Å². The van der Waals surface area contributed by atoms with Gasteiger partial charge in [-0.25, -0.2) is 9.97 Å². The van der Waals surface area contributed by atoms with Crippen molar-refractivity contribution in [3.63, 3.8) is 0 Å². The fourth-order valence-electron chi connectivity index (χ4n) is 2.69. The fourth-order valence-corrected chi connectivity index (χ4v) is 2.69. The standard InChI is InChI=1S/C16H16N2O2/c19-16(20)13-8-4-7-12-10-17-14(18-15(12)13)9-11-5-2-1-3-6-11/h1-3,5-6,10,13H,4,7-9H2,(H,19,20). The van der Waals surface area contributed by atoms with E-state index in [2.05, 4.69) is 9.97 Å². The number of nitrogens with zero attached hydrogens (tertiary/aromatic N) is 2. The summed E-state index contributed by atoms with van der Waals surface area (Å²) >= 11 is 0. The number of aryl methyl sites for hydroxylation is 1. The Morgan fingerprint density at radius 3 is 2.85 bits per heavy atom. The van der Waals surface area contributed by atoms with Crippen LogP contribution in [0.1, 0.15) is 41.4 Å². The first-order chi connectivity index (χ1) is 9.74. The van der Waals surface area contributed by atoms with Crippen molar-refractivity contribution in [2.45, 2.75) is 31.6 Å². The smallest absolute Gasteiger partial charge is 0.312 e. The second-order valence-electron chi connectivity index (χ2n) is 5.14. The second-order valence-corrected chi connectivity index (χ2v) is 5.14. The summed E-state index contributed by atoms with van der Waals surface area (Å²) in [4.78, 5) is 20.2. The first-order valence-electron chi connectivity index (χ1n) is 6.85. The summed E-state index contributed by atoms with van der Waals surface area (Å²) in [5.41, 5.74) is 2.83. The maximum Gasteiger partial charge on any atom is 0.312 e. The van der Waals surface area contributed by atoms with E-state index in [0.29, 0.717) is 24.4 Å². The number of aliphatic carboxylic acids is 1. The Morgan fingerprint density at radius 2 is 2.10 bits per heavy atom. The average Bonchev–Trinajstić information content (AvgIpc) is 2.47. The SMILES string of the molecule is O=C(O)C1CCCc2cnc(Cc3ccccc3)nc21. The number of carboxylic acid groups (broad SMARTS) is 1. The Labute approximate surface area is 117 Å². The van der Waals surface area contributed by atoms with E-state index in [9.17, 15) is 9.90 Å². The van der Waals surface area contributed by atoms with Gasteiger partial charge >= 0.3 is 5.97 Å². The van der Waals surface area contributed by atoms with Gasteiger partial charge in [0.1, 0.15) is 5.82 Å². The van der Waals surface area contributed by atoms with Crippen LogP contribution < -0.4 is 0 Å². The van der Waals surface area contributed by atoms with Gasteiger partial charge in [-0.3, -0.25) is 4.79 Å². The number of aromatic nitrogens is 2. The van der Waals surface area contributed by atoms with Crippen molar-refractivity contribution < 1.29 is 9.90 Å². The highest BCUT2D eigenvalue weighted by molar-refractivity contribution is 5.76. The molecule has 1 atom stereocenters. The molecule has 1 aliphatic carbocycles. The van der Waals surface area contributed by atoms with Crippen LogP contribution in [-0.4, -0.2) is 21.0 Å². The molecule has 0 aliphatic heterocycles. The van der Waals surface area contributed by atoms with E-state index >= 15 is 0 Å². The number of carbonyl (C=O) groups is 1. The first-order valence-corrected chi connectivity index (χ1v) is 6.85. The van der Waals surface area contributed by atoms with Crippen molar-refractivity contribution >= 4 is 5.97 Å². The number of hydrogen-bond acceptors (Lipinski definition) is 3. The molecular formula is C16H16N2O2. The van der Waals surface area contributed by atoms with Crippen LogP contribution in [0.4, 0.5) is 0 Å². The second kappa shape index (κ2) is 5.41. The van der Waals surface area contributed by atoms with Gasteiger partial charge in [-0.2, -0.15) is 0 Å². The molecule has 1 N–H and O–H groups in total. The molecule has 0 saturated carbocycles. The molecule has 0 radical (unpaired) electrons. The van der Waals surface area contributed by atoms with Crippen molar-refractivity contribution in [1.82, 2.24) is 9.97 Å². The van der Waals surface area contributed by atoms with Gasteiger partial charge in [-0.1, -0.05) is 30.3 Å². The van der Waals surface area contributed by atoms with E-state index in [4.69, 9.17) is 0 Å². The zero-order chi connectivity index (χ0) is 13.9. The third-order valence-electron chi connectivity index (χ3n) is 3.72. The largest absolute Gasteiger partial charge is 0.481 e. The third kappa shape index (κ3) is 2.54. The van der Waals surface area contributed by atoms with Crippen LogP contribution in [0.3, 0.4) is 0 Å². The van der Waals surface area contributed by atoms with Crippen molar-refractivity contribution in [3.8, 4) is 0 Å². The maximum atomic E-state index is 11.3. The Morgan fingerprint density at radius 1 is 1.30 bits per heavy atom. The number of carboxylic acids is 1. The minimum atomic E-state index is -0.782. The van der Waals surface area contributed by atoms with Crippen molar-refractivity contribution in [2.75, 3.05) is 0 Å². The van der Waals surface area contributed by atoms with E-state index < -0.39 is 11.9 Å². The molecule has 1 aromatic heterocycles. The highest BCUT2D eigenvalue weighted by Crippen LogP contribution is 2.30. The molecule has 102 valence electrons. The van der Waals surface area contributed by atoms with Gasteiger partial charge in [0.2, 0.25) is 0 Å². The summed E-state index contributed by atoms with van der Waals surface area (Å²) in [6.07, 6.45) is 4.89. The lowest BCUT2D eigenvalue weighted by molar-refractivity contribution is -0.139. The van der Waals surface area contributed by atoms with E-state index in [0.717, 1.165) is 24.0 Å². The first kappa shape index (κ1) is 12.8. The fraction of sp³-hybridized carbons (Fsp3) is 0.312. The molecule has 0 fully saturated rings. The third-order valence-corrected chi connectivity index (χ3v) is 3.72. The molecule has 1 heterocycles. The highest BCUT2D eigenvalue weighted by atomic mass is 16.4. The molecule has 2 aromatic rings. The number of benzene rings is 1. The molecular weight excluding hydrogens is 252 g/mol. The molecule has 0 amide bonds. The number of rotatable bonds is 3. The molecule has 0 saturated heterocycles. The monoisotopic (exact) mass is 268 g/mol. The summed E-state index contributed by atoms with van der Waals surface area (Å²) in [6, 6.07) is 9.98. The number of hydrogen-bond donors (Lipinski definition) is 1. The van der Waals surface area contributed by atoms with Crippen LogP contribution in [0.5, 0.6) is 0 Å². The molecule has 20 heavy (non-hydrogen) atoms. The molecule has 0 spiro atoms. The molecule has 1 aliphatic rings. The van der Waals surface area contributed by atoms with Crippen LogP contribution in [0.2, 0.25) is 0 Å². The summed E-state index contributed by atoms with van der Waals surface area (Å²) in [5, 5.41) is 9.31. The quantitative estimate of drug-likeness (QED) is 0.929. The normalized spacial score (nSPS) is 17.5. The van der Waals surface area contributed by atoms with Crippen molar-refractivity contribution in [3.05, 3.63) is 59.2 Å². The summed E-state index contributed by atoms with van der Waals surface area (Å²) in [6.45, 7) is 0. The van der Waals surface area contributed by atoms with Crippen LogP contribution >= 0.6 is 0 Å². The summed E-state index contributed by atoms with van der Waals surface area (Å²) in [5.74, 6) is -0.560. The Bertz CT molecular complexity index is 626. The summed E-state index contributed by atoms with van der Waals surface area (Å²) in [7, 11) is 0. The van der Waals surface area contributed by atoms with Crippen LogP contribution in [0.15, 0.2) is 36.5 Å². The van der Waals surface area contributed by atoms with E-state index in [-0.39, 0.29) is 0 Å². The van der Waals surface area contributed by atoms with Gasteiger partial charge in [0, 0.05) is 12.6 Å². The Kier molecular flexibility index (Phi) is 3.46. The number of fused-ring (bicyclic) bond motifs is 1. The van der Waals surface area contributed by atoms with Gasteiger partial charge < -0.3 is 5.11 Å². The summed E-state index contributed by atoms with van der Waals surface area (Å²) < 4.78 is 0. The van der Waals surface area contributed by atoms with Crippen molar-refractivity contribution in [1.29, 1.82) is 0 Å². The van der Waals surface area contributed by atoms with Gasteiger partial charge in [-0.15, -0.1) is 0 Å². The minimum absolute atomic E-state index is 0.476. The topological polar surface area (TPSA) is 63.1 Å². The molecule has 3 rings (SSSR count). The Hall–Kier alpha value is -2.23. The lowest BCUT2D eigenvalue weighted by atomic mass is 9.87. The highest BCUT2D eigenvalue weighted by Gasteiger charge is 2.28. The van der Waals surface area contributed by atoms with Gasteiger partial charge in [0.25, 0.3) is 0 Å². The zero-order valence-electron chi connectivity index (χ0n) is 11.1. The molecule has 1 unspecified atom stereocenters. The van der Waals surface area contributed by atoms with Crippen molar-refractivity contribution in [2.24, 2.45) is 0 Å². The molecule has 4 heteroatoms. The Balaban J connectivity index is 1.91. The lowest BCUT2D eigenvalue weighted by Gasteiger charge is -2.21.